The zero-order valence-electron chi connectivity index (χ0n) is 15.1. The lowest BCUT2D eigenvalue weighted by atomic mass is 10.1. The molecule has 1 aromatic heterocycles. The molecule has 0 atom stereocenters. The number of carbonyl (C=O) groups is 1. The van der Waals surface area contributed by atoms with Gasteiger partial charge in [0.2, 0.25) is 5.91 Å². The van der Waals surface area contributed by atoms with E-state index in [2.05, 4.69) is 34.7 Å². The number of nitrogens with zero attached hydrogens (tertiary/aromatic N) is 4. The van der Waals surface area contributed by atoms with E-state index < -0.39 is 0 Å². The van der Waals surface area contributed by atoms with Gasteiger partial charge in [0.15, 0.2) is 0 Å². The molecule has 27 heavy (non-hydrogen) atoms. The van der Waals surface area contributed by atoms with E-state index in [0.29, 0.717) is 29.0 Å². The first-order valence-electron chi connectivity index (χ1n) is 8.56. The van der Waals surface area contributed by atoms with E-state index >= 15 is 0 Å². The van der Waals surface area contributed by atoms with Crippen LogP contribution in [0.4, 0.5) is 5.69 Å². The molecule has 0 radical (unpaired) electrons. The lowest BCUT2D eigenvalue weighted by Gasteiger charge is -2.12. The Bertz CT molecular complexity index is 895. The van der Waals surface area contributed by atoms with Gasteiger partial charge in [0.25, 0.3) is 0 Å². The summed E-state index contributed by atoms with van der Waals surface area (Å²) in [6.07, 6.45) is 1.76. The number of benzene rings is 2. The third-order valence-electron chi connectivity index (χ3n) is 3.70. The summed E-state index contributed by atoms with van der Waals surface area (Å²) in [5, 5.41) is 14.3. The zero-order chi connectivity index (χ0) is 19.2. The molecule has 0 aliphatic carbocycles. The minimum absolute atomic E-state index is 0.128. The van der Waals surface area contributed by atoms with Gasteiger partial charge in [-0.2, -0.15) is 0 Å². The van der Waals surface area contributed by atoms with Crippen molar-refractivity contribution in [2.75, 3.05) is 11.9 Å². The van der Waals surface area contributed by atoms with Crippen LogP contribution in [0.25, 0.3) is 5.69 Å². The molecule has 1 amide bonds. The summed E-state index contributed by atoms with van der Waals surface area (Å²) < 4.78 is 7.19. The molecule has 3 aromatic rings. The van der Waals surface area contributed by atoms with E-state index in [0.717, 1.165) is 11.3 Å². The van der Waals surface area contributed by atoms with Crippen LogP contribution in [0, 0.1) is 5.92 Å². The Morgan fingerprint density at radius 2 is 2.00 bits per heavy atom. The summed E-state index contributed by atoms with van der Waals surface area (Å²) in [4.78, 5) is 12.3. The van der Waals surface area contributed by atoms with E-state index in [9.17, 15) is 4.79 Å². The first-order valence-corrected chi connectivity index (χ1v) is 8.93. The molecule has 0 saturated heterocycles. The van der Waals surface area contributed by atoms with Crippen LogP contribution in [0.3, 0.4) is 0 Å². The Balaban J connectivity index is 1.58. The van der Waals surface area contributed by atoms with Gasteiger partial charge in [0.1, 0.15) is 12.1 Å². The van der Waals surface area contributed by atoms with E-state index in [1.54, 1.807) is 22.9 Å². The summed E-state index contributed by atoms with van der Waals surface area (Å²) in [6, 6.07) is 12.7. The molecule has 0 unspecified atom stereocenters. The van der Waals surface area contributed by atoms with Crippen LogP contribution in [-0.4, -0.2) is 32.7 Å². The average Bonchev–Trinajstić information content (AvgIpc) is 3.16. The van der Waals surface area contributed by atoms with Gasteiger partial charge in [-0.25, -0.2) is 4.68 Å². The molecule has 1 N–H and O–H groups in total. The number of tetrazole rings is 1. The van der Waals surface area contributed by atoms with Crippen molar-refractivity contribution in [2.45, 2.75) is 20.3 Å². The zero-order valence-corrected chi connectivity index (χ0v) is 15.8. The second kappa shape index (κ2) is 8.64. The molecular weight excluding hydrogens is 366 g/mol. The number of hydrogen-bond acceptors (Lipinski definition) is 5. The summed E-state index contributed by atoms with van der Waals surface area (Å²) in [5.41, 5.74) is 2.34. The molecule has 1 heterocycles. The van der Waals surface area contributed by atoms with Crippen LogP contribution < -0.4 is 10.1 Å². The molecule has 140 valence electrons. The highest BCUT2D eigenvalue weighted by Gasteiger charge is 2.08. The van der Waals surface area contributed by atoms with E-state index in [4.69, 9.17) is 16.3 Å². The van der Waals surface area contributed by atoms with Crippen molar-refractivity contribution < 1.29 is 9.53 Å². The summed E-state index contributed by atoms with van der Waals surface area (Å²) >= 11 is 6.23. The summed E-state index contributed by atoms with van der Waals surface area (Å²) in [7, 11) is 0. The molecule has 0 bridgehead atoms. The smallest absolute Gasteiger partial charge is 0.228 e. The number of anilines is 1. The number of amides is 1. The maximum Gasteiger partial charge on any atom is 0.228 e. The van der Waals surface area contributed by atoms with Crippen molar-refractivity contribution in [1.82, 2.24) is 20.2 Å². The Kier molecular flexibility index (Phi) is 6.03. The number of hydrogen-bond donors (Lipinski definition) is 1. The van der Waals surface area contributed by atoms with Crippen LogP contribution >= 0.6 is 11.6 Å². The highest BCUT2D eigenvalue weighted by atomic mass is 35.5. The topological polar surface area (TPSA) is 81.9 Å². The van der Waals surface area contributed by atoms with E-state index in [1.807, 2.05) is 24.3 Å². The van der Waals surface area contributed by atoms with Crippen LogP contribution in [0.1, 0.15) is 19.4 Å². The second-order valence-electron chi connectivity index (χ2n) is 6.50. The van der Waals surface area contributed by atoms with Gasteiger partial charge in [-0.1, -0.05) is 37.6 Å². The van der Waals surface area contributed by atoms with Crippen molar-refractivity contribution in [3.63, 3.8) is 0 Å². The third-order valence-corrected chi connectivity index (χ3v) is 4.00. The maximum absolute atomic E-state index is 12.3. The normalized spacial score (nSPS) is 10.8. The highest BCUT2D eigenvalue weighted by molar-refractivity contribution is 6.32. The number of halogens is 1. The number of ether oxygens (including phenoxy) is 1. The summed E-state index contributed by atoms with van der Waals surface area (Å²) in [5.74, 6) is 0.895. The van der Waals surface area contributed by atoms with Crippen LogP contribution in [0.5, 0.6) is 5.75 Å². The first-order chi connectivity index (χ1) is 13.0. The van der Waals surface area contributed by atoms with Crippen molar-refractivity contribution in [2.24, 2.45) is 5.92 Å². The highest BCUT2D eigenvalue weighted by Crippen LogP contribution is 2.28. The number of carbonyl (C=O) groups excluding carboxylic acids is 1. The Labute approximate surface area is 162 Å². The largest absolute Gasteiger partial charge is 0.492 e. The molecule has 0 saturated carbocycles. The lowest BCUT2D eigenvalue weighted by Crippen LogP contribution is -2.14. The molecule has 8 heteroatoms. The molecule has 0 aliphatic heterocycles. The average molecular weight is 386 g/mol. The van der Waals surface area contributed by atoms with Gasteiger partial charge in [0.05, 0.1) is 23.7 Å². The van der Waals surface area contributed by atoms with Crippen molar-refractivity contribution in [3.8, 4) is 11.4 Å². The molecular formula is C19H20ClN5O2. The number of aromatic nitrogens is 4. The number of nitrogens with one attached hydrogen (secondary N) is 1. The minimum atomic E-state index is -0.128. The SMILES string of the molecule is CC(C)COc1ccc(NC(=O)Cc2ccc(-n3cnnn3)cc2)cc1Cl. The molecule has 0 spiro atoms. The standard InChI is InChI=1S/C19H20ClN5O2/c1-13(2)11-27-18-8-5-15(10-17(18)20)22-19(26)9-14-3-6-16(7-4-14)25-12-21-23-24-25/h3-8,10,12-13H,9,11H2,1-2H3,(H,22,26). The van der Waals surface area contributed by atoms with Gasteiger partial charge >= 0.3 is 0 Å². The second-order valence-corrected chi connectivity index (χ2v) is 6.90. The number of rotatable bonds is 7. The lowest BCUT2D eigenvalue weighted by molar-refractivity contribution is -0.115. The van der Waals surface area contributed by atoms with Crippen LogP contribution in [-0.2, 0) is 11.2 Å². The van der Waals surface area contributed by atoms with Gasteiger partial charge in [-0.3, -0.25) is 4.79 Å². The van der Waals surface area contributed by atoms with Crippen molar-refractivity contribution in [3.05, 3.63) is 59.4 Å². The van der Waals surface area contributed by atoms with Crippen molar-refractivity contribution in [1.29, 1.82) is 0 Å². The molecule has 2 aromatic carbocycles. The Hall–Kier alpha value is -2.93. The third kappa shape index (κ3) is 5.27. The van der Waals surface area contributed by atoms with E-state index in [-0.39, 0.29) is 12.3 Å². The summed E-state index contributed by atoms with van der Waals surface area (Å²) in [6.45, 7) is 4.72. The van der Waals surface area contributed by atoms with Crippen molar-refractivity contribution >= 4 is 23.2 Å². The fourth-order valence-corrected chi connectivity index (χ4v) is 2.62. The van der Waals surface area contributed by atoms with Gasteiger partial charge in [0, 0.05) is 5.69 Å². The Morgan fingerprint density at radius 1 is 1.22 bits per heavy atom. The predicted octanol–water partition coefficient (Wildman–Crippen LogP) is 3.53. The molecule has 0 aliphatic rings. The van der Waals surface area contributed by atoms with Gasteiger partial charge < -0.3 is 10.1 Å². The molecule has 7 nitrogen and oxygen atoms in total. The minimum Gasteiger partial charge on any atom is -0.492 e. The van der Waals surface area contributed by atoms with Crippen LogP contribution in [0.15, 0.2) is 48.8 Å². The van der Waals surface area contributed by atoms with Crippen LogP contribution in [0.2, 0.25) is 5.02 Å². The van der Waals surface area contributed by atoms with Gasteiger partial charge in [-0.05, 0) is 52.2 Å². The monoisotopic (exact) mass is 385 g/mol. The molecule has 0 fully saturated rings. The predicted molar refractivity (Wildman–Crippen MR) is 103 cm³/mol. The first kappa shape index (κ1) is 18.8. The van der Waals surface area contributed by atoms with Gasteiger partial charge in [-0.15, -0.1) is 5.10 Å². The Morgan fingerprint density at radius 3 is 2.63 bits per heavy atom. The maximum atomic E-state index is 12.3. The molecule has 3 rings (SSSR count). The fraction of sp³-hybridized carbons (Fsp3) is 0.263. The fourth-order valence-electron chi connectivity index (χ4n) is 2.39. The van der Waals surface area contributed by atoms with E-state index in [1.165, 1.54) is 6.33 Å². The quantitative estimate of drug-likeness (QED) is 0.672.